The maximum Gasteiger partial charge on any atom is 0.422 e. The molecule has 108 heavy (non-hydrogen) atoms. The second kappa shape index (κ2) is 47.3. The fourth-order valence-electron chi connectivity index (χ4n) is 9.25. The van der Waals surface area contributed by atoms with Gasteiger partial charge in [0.2, 0.25) is 5.95 Å². The Bertz CT molecular complexity index is 3950. The molecule has 33 heteroatoms. The van der Waals surface area contributed by atoms with Gasteiger partial charge >= 0.3 is 41.9 Å². The summed E-state index contributed by atoms with van der Waals surface area (Å²) in [5.41, 5.74) is 15.2. The number of aldehydes is 1. The van der Waals surface area contributed by atoms with Crippen LogP contribution in [0.3, 0.4) is 0 Å². The van der Waals surface area contributed by atoms with E-state index in [9.17, 15) is 38.4 Å². The van der Waals surface area contributed by atoms with Gasteiger partial charge in [0, 0.05) is 33.4 Å². The number of amides is 1. The van der Waals surface area contributed by atoms with Crippen LogP contribution in [0.5, 0.6) is 34.5 Å². The molecule has 1 heterocycles. The van der Waals surface area contributed by atoms with E-state index in [4.69, 9.17) is 92.7 Å². The Morgan fingerprint density at radius 3 is 1.15 bits per heavy atom. The third-order valence-electron chi connectivity index (χ3n) is 15.2. The van der Waals surface area contributed by atoms with E-state index in [-0.39, 0.29) is 52.1 Å². The van der Waals surface area contributed by atoms with Gasteiger partial charge in [-0.2, -0.15) is 0 Å². The number of nitrogen functional groups attached to an aromatic ring is 1. The number of para-hydroxylation sites is 6. The lowest BCUT2D eigenvalue weighted by molar-refractivity contribution is -0.149. The van der Waals surface area contributed by atoms with Crippen molar-refractivity contribution in [3.05, 3.63) is 195 Å². The summed E-state index contributed by atoms with van der Waals surface area (Å²) in [7, 11) is 17.3. The molecule has 10 N–H and O–H groups in total. The summed E-state index contributed by atoms with van der Waals surface area (Å²) in [6.45, 7) is 13.6. The van der Waals surface area contributed by atoms with Gasteiger partial charge in [-0.25, -0.2) is 45.4 Å². The number of hydrazine groups is 3. The number of alkyl halides is 1. The van der Waals surface area contributed by atoms with Crippen LogP contribution in [0.2, 0.25) is 10.3 Å². The summed E-state index contributed by atoms with van der Waals surface area (Å²) in [6.07, 6.45) is 0.0208. The Morgan fingerprint density at radius 1 is 0.463 bits per heavy atom. The summed E-state index contributed by atoms with van der Waals surface area (Å²) < 4.78 is 63.6. The number of halogens is 3. The van der Waals surface area contributed by atoms with Crippen LogP contribution in [0.4, 0.5) is 10.7 Å². The maximum absolute atomic E-state index is 12.3. The number of nitrogens with zero attached hydrogens (tertiary/aromatic N) is 2. The molecule has 5 atom stereocenters. The molecule has 7 aromatic rings. The van der Waals surface area contributed by atoms with Crippen LogP contribution in [0.25, 0.3) is 0 Å². The fourth-order valence-corrected chi connectivity index (χ4v) is 10.2. The Morgan fingerprint density at radius 2 is 0.796 bits per heavy atom. The first-order valence-electron chi connectivity index (χ1n) is 32.1. The molecule has 5 unspecified atom stereocenters. The van der Waals surface area contributed by atoms with E-state index in [0.29, 0.717) is 57.5 Å². The first kappa shape index (κ1) is 95.6. The van der Waals surface area contributed by atoms with Gasteiger partial charge in [0.15, 0.2) is 22.9 Å². The van der Waals surface area contributed by atoms with Gasteiger partial charge < -0.3 is 67.3 Å². The SMILES string of the molecule is COC(=O)C(C)(Br)c1ccccc1OC.COC(=O)C(C)(NN)c1ccccc1OC.COC(=O)C(C)(NN)c1ccccc1OC.COC(=O)C(C)(NNC(=O)OC(C)(C)C)c1ccccc1OC.COC(=O)C(C)c1ccccc1OC.COC(=O)Cc1ccccc1OC.Nc1nc(Cl)c(C=O)c(Cl)n1. The third-order valence-corrected chi connectivity index (χ3v) is 16.5. The van der Waals surface area contributed by atoms with Crippen LogP contribution in [0, 0.1) is 0 Å². The Kier molecular flexibility index (Phi) is 41.9. The van der Waals surface area contributed by atoms with Gasteiger partial charge in [0.05, 0.1) is 103 Å². The van der Waals surface area contributed by atoms with Crippen molar-refractivity contribution in [2.75, 3.05) is 91.1 Å². The van der Waals surface area contributed by atoms with Crippen molar-refractivity contribution in [2.24, 2.45) is 11.7 Å². The van der Waals surface area contributed by atoms with E-state index in [1.807, 2.05) is 78.9 Å². The molecule has 0 aliphatic heterocycles. The average molecular weight is 1610 g/mol. The minimum atomic E-state index is -1.35. The molecule has 0 bridgehead atoms. The van der Waals surface area contributed by atoms with Crippen molar-refractivity contribution in [3.8, 4) is 34.5 Å². The van der Waals surface area contributed by atoms with Crippen molar-refractivity contribution >= 4 is 93.3 Å². The summed E-state index contributed by atoms with van der Waals surface area (Å²) in [5, 5.41) is -0.0602. The number of nitrogens with one attached hydrogen (secondary N) is 4. The highest BCUT2D eigenvalue weighted by atomic mass is 79.9. The van der Waals surface area contributed by atoms with Crippen LogP contribution in [-0.2, 0) is 89.3 Å². The minimum absolute atomic E-state index is 0.0301. The average Bonchev–Trinajstić information content (AvgIpc) is 0.810. The van der Waals surface area contributed by atoms with Gasteiger partial charge in [-0.15, -0.1) is 0 Å². The fraction of sp³-hybridized carbons (Fsp3) is 0.360. The molecule has 30 nitrogen and oxygen atoms in total. The molecule has 0 spiro atoms. The zero-order valence-electron chi connectivity index (χ0n) is 64.1. The third kappa shape index (κ3) is 28.1. The molecule has 1 aromatic heterocycles. The monoisotopic (exact) mass is 1610 g/mol. The summed E-state index contributed by atoms with van der Waals surface area (Å²) in [4.78, 5) is 98.7. The smallest absolute Gasteiger partial charge is 0.422 e. The van der Waals surface area contributed by atoms with E-state index in [1.54, 1.807) is 143 Å². The Balaban J connectivity index is 0.000000637. The number of hydrogen-bond donors (Lipinski definition) is 7. The number of rotatable bonds is 23. The number of carbonyl (C=O) groups excluding carboxylic acids is 8. The Labute approximate surface area is 647 Å². The van der Waals surface area contributed by atoms with Crippen molar-refractivity contribution in [1.82, 2.24) is 31.7 Å². The van der Waals surface area contributed by atoms with E-state index < -0.39 is 50.5 Å². The number of aromatic nitrogens is 2. The first-order chi connectivity index (χ1) is 51.0. The number of benzene rings is 6. The van der Waals surface area contributed by atoms with Crippen LogP contribution < -0.4 is 67.5 Å². The molecule has 0 aliphatic rings. The second-order valence-corrected chi connectivity index (χ2v) is 25.7. The lowest BCUT2D eigenvalue weighted by Gasteiger charge is -2.30. The van der Waals surface area contributed by atoms with E-state index in [0.717, 1.165) is 16.7 Å². The van der Waals surface area contributed by atoms with Crippen LogP contribution in [0.15, 0.2) is 146 Å². The first-order valence-corrected chi connectivity index (χ1v) is 33.7. The molecule has 0 saturated carbocycles. The quantitative estimate of drug-likeness (QED) is 0.00595. The molecule has 0 fully saturated rings. The molecule has 0 aliphatic carbocycles. The highest BCUT2D eigenvalue weighted by Crippen LogP contribution is 2.38. The molecule has 590 valence electrons. The highest BCUT2D eigenvalue weighted by Gasteiger charge is 2.41. The van der Waals surface area contributed by atoms with Crippen molar-refractivity contribution in [3.63, 3.8) is 0 Å². The predicted octanol–water partition coefficient (Wildman–Crippen LogP) is 10.2. The lowest BCUT2D eigenvalue weighted by Crippen LogP contribution is -2.56. The molecular formula is C75H98BrCl2N9O21. The van der Waals surface area contributed by atoms with Crippen LogP contribution >= 0.6 is 39.1 Å². The zero-order valence-corrected chi connectivity index (χ0v) is 67.1. The van der Waals surface area contributed by atoms with Crippen LogP contribution in [-0.4, -0.2) is 149 Å². The lowest BCUT2D eigenvalue weighted by atomic mass is 9.92. The normalized spacial score (nSPS) is 12.7. The molecule has 6 aromatic carbocycles. The van der Waals surface area contributed by atoms with Crippen molar-refractivity contribution < 1.29 is 99.9 Å². The largest absolute Gasteiger partial charge is 0.496 e. The Hall–Kier alpha value is -10.4. The van der Waals surface area contributed by atoms with E-state index in [1.165, 1.54) is 64.0 Å². The van der Waals surface area contributed by atoms with Gasteiger partial charge in [0.25, 0.3) is 0 Å². The topological polar surface area (TPSA) is 409 Å². The van der Waals surface area contributed by atoms with E-state index in [2.05, 4.69) is 57.1 Å². The van der Waals surface area contributed by atoms with Gasteiger partial charge in [-0.3, -0.25) is 36.3 Å². The predicted molar refractivity (Wildman–Crippen MR) is 410 cm³/mol. The number of methoxy groups -OCH3 is 12. The van der Waals surface area contributed by atoms with Gasteiger partial charge in [-0.1, -0.05) is 148 Å². The second-order valence-electron chi connectivity index (χ2n) is 23.4. The van der Waals surface area contributed by atoms with Gasteiger partial charge in [-0.05, 0) is 91.8 Å². The number of nitrogens with two attached hydrogens (primary N) is 3. The molecule has 0 radical (unpaired) electrons. The number of esters is 6. The van der Waals surface area contributed by atoms with E-state index >= 15 is 0 Å². The highest BCUT2D eigenvalue weighted by molar-refractivity contribution is 9.10. The number of hydrogen-bond acceptors (Lipinski definition) is 29. The summed E-state index contributed by atoms with van der Waals surface area (Å²) in [6, 6.07) is 43.4. The number of ether oxygens (including phenoxy) is 13. The minimum Gasteiger partial charge on any atom is -0.496 e. The van der Waals surface area contributed by atoms with Gasteiger partial charge in [0.1, 0.15) is 54.7 Å². The maximum atomic E-state index is 12.3. The van der Waals surface area contributed by atoms with Crippen LogP contribution in [0.1, 0.15) is 105 Å². The molecule has 0 saturated heterocycles. The number of carbonyl (C=O) groups is 8. The number of anilines is 1. The van der Waals surface area contributed by atoms with Crippen molar-refractivity contribution in [2.45, 2.75) is 94.3 Å². The zero-order chi connectivity index (χ0) is 82.2. The molecule has 1 amide bonds. The standard InChI is InChI=1S/C16H24N2O5.C11H13BrO3.2C11H16N2O3.C11H14O3.C10H12O3.C5H3Cl2N3O/c1-15(2,3)23-14(20)17-18-16(4,13(19)22-6)11-9-7-8-10-12(11)21-5;1-11(12,10(13)15-3)8-6-4-5-7-9(8)14-2;2*1-11(13-12,10(14)16-3)8-6-4-5-7-9(8)15-2;1-8(11(12)14-3)9-6-4-5-7-10(9)13-2;1-12-9-6-4-3-5-8(9)7-10(11)13-2;6-3-2(1-11)4(7)10-5(8)9-3/h7-10,18H,1-6H3,(H,17,20);4-7H,1-3H3;2*4-7,13H,12H2,1-3H3;4-8H,1-3H3;3-6H,7H2,1-2H3;1H,(H2,8,9,10). The van der Waals surface area contributed by atoms with Crippen molar-refractivity contribution in [1.29, 1.82) is 0 Å². The summed E-state index contributed by atoms with van der Waals surface area (Å²) in [5.74, 6) is 11.8. The summed E-state index contributed by atoms with van der Waals surface area (Å²) >= 11 is 14.3. The molecular weight excluding hydrogens is 1510 g/mol. The molecule has 7 rings (SSSR count).